The molecule has 1 aliphatic carbocycles. The van der Waals surface area contributed by atoms with Gasteiger partial charge in [-0.25, -0.2) is 22.8 Å². The molecule has 0 unspecified atom stereocenters. The summed E-state index contributed by atoms with van der Waals surface area (Å²) in [6.45, 7) is 2.26. The lowest BCUT2D eigenvalue weighted by atomic mass is 9.76. The summed E-state index contributed by atoms with van der Waals surface area (Å²) in [5, 5.41) is 3.83. The maximum atomic E-state index is 15.6. The average Bonchev–Trinajstić information content (AvgIpc) is 3.04. The smallest absolute Gasteiger partial charge is 0.278 e. The van der Waals surface area contributed by atoms with E-state index < -0.39 is 24.1 Å². The summed E-state index contributed by atoms with van der Waals surface area (Å²) in [6.07, 6.45) is 5.83. The first-order chi connectivity index (χ1) is 17.5. The fourth-order valence-electron chi connectivity index (χ4n) is 5.31. The highest BCUT2D eigenvalue weighted by molar-refractivity contribution is 5.81. The highest BCUT2D eigenvalue weighted by Crippen LogP contribution is 2.39. The van der Waals surface area contributed by atoms with Crippen molar-refractivity contribution in [1.29, 1.82) is 0 Å². The molecule has 37 heavy (non-hydrogen) atoms. The minimum atomic E-state index is -2.92. The third kappa shape index (κ3) is 7.75. The highest BCUT2D eigenvalue weighted by atomic mass is 19.3. The molecular formula is C27H36F4N4O2. The van der Waals surface area contributed by atoms with E-state index in [2.05, 4.69) is 15.0 Å². The lowest BCUT2D eigenvalue weighted by Gasteiger charge is -2.35. The summed E-state index contributed by atoms with van der Waals surface area (Å²) < 4.78 is 61.9. The van der Waals surface area contributed by atoms with Crippen molar-refractivity contribution < 1.29 is 27.1 Å². The molecule has 0 radical (unpaired) electrons. The molecule has 1 fully saturated rings. The van der Waals surface area contributed by atoms with Crippen molar-refractivity contribution in [3.63, 3.8) is 0 Å². The molecule has 0 saturated heterocycles. The van der Waals surface area contributed by atoms with Crippen molar-refractivity contribution in [2.45, 2.75) is 76.3 Å². The molecule has 0 bridgehead atoms. The predicted molar refractivity (Wildman–Crippen MR) is 131 cm³/mol. The third-order valence-electron chi connectivity index (χ3n) is 7.60. The molecular weight excluding hydrogens is 488 g/mol. The quantitative estimate of drug-likeness (QED) is 0.415. The fraction of sp³-hybridized carbons (Fsp3) is 0.667. The molecule has 204 valence electrons. The SMILES string of the molecule is Cn1ncc(CC(=O)CC2CCC(F)(CCN3CCc4ccc(OCC(C)(F)F)nc4CC3)CC2)c1F. The maximum Gasteiger partial charge on any atom is 0.278 e. The molecule has 2 aromatic heterocycles. The average molecular weight is 525 g/mol. The Kier molecular flexibility index (Phi) is 8.56. The van der Waals surface area contributed by atoms with Crippen LogP contribution in [-0.2, 0) is 31.1 Å². The molecule has 0 aromatic carbocycles. The Labute approximate surface area is 215 Å². The van der Waals surface area contributed by atoms with E-state index in [0.717, 1.165) is 42.4 Å². The fourth-order valence-corrected chi connectivity index (χ4v) is 5.31. The van der Waals surface area contributed by atoms with Gasteiger partial charge in [-0.05, 0) is 50.0 Å². The van der Waals surface area contributed by atoms with Crippen LogP contribution in [0.4, 0.5) is 17.6 Å². The number of hydrogen-bond acceptors (Lipinski definition) is 5. The zero-order valence-electron chi connectivity index (χ0n) is 21.6. The van der Waals surface area contributed by atoms with Crippen molar-refractivity contribution in [2.75, 3.05) is 26.2 Å². The van der Waals surface area contributed by atoms with E-state index in [-0.39, 0.29) is 24.0 Å². The van der Waals surface area contributed by atoms with E-state index in [1.165, 1.54) is 13.2 Å². The molecule has 1 saturated carbocycles. The van der Waals surface area contributed by atoms with Crippen LogP contribution in [-0.4, -0.2) is 63.3 Å². The van der Waals surface area contributed by atoms with E-state index in [1.807, 2.05) is 6.07 Å². The molecule has 0 atom stereocenters. The Morgan fingerprint density at radius 3 is 2.62 bits per heavy atom. The monoisotopic (exact) mass is 524 g/mol. The van der Waals surface area contributed by atoms with E-state index in [1.54, 1.807) is 6.07 Å². The van der Waals surface area contributed by atoms with Gasteiger partial charge in [-0.2, -0.15) is 9.49 Å². The van der Waals surface area contributed by atoms with Gasteiger partial charge < -0.3 is 9.64 Å². The molecule has 0 spiro atoms. The van der Waals surface area contributed by atoms with Crippen LogP contribution in [0, 0.1) is 11.9 Å². The van der Waals surface area contributed by atoms with Crippen molar-refractivity contribution in [3.05, 3.63) is 41.1 Å². The summed E-state index contributed by atoms with van der Waals surface area (Å²) >= 11 is 0. The maximum absolute atomic E-state index is 15.6. The first kappa shape index (κ1) is 27.5. The van der Waals surface area contributed by atoms with Crippen LogP contribution in [0.3, 0.4) is 0 Å². The first-order valence-corrected chi connectivity index (χ1v) is 13.1. The number of rotatable bonds is 10. The van der Waals surface area contributed by atoms with Crippen molar-refractivity contribution in [1.82, 2.24) is 19.7 Å². The normalized spacial score (nSPS) is 22.9. The number of aryl methyl sites for hydroxylation is 1. The van der Waals surface area contributed by atoms with Crippen LogP contribution in [0.5, 0.6) is 5.88 Å². The van der Waals surface area contributed by atoms with Crippen LogP contribution in [0.25, 0.3) is 0 Å². The van der Waals surface area contributed by atoms with Gasteiger partial charge in [-0.15, -0.1) is 0 Å². The van der Waals surface area contributed by atoms with Crippen molar-refractivity contribution in [2.24, 2.45) is 13.0 Å². The summed E-state index contributed by atoms with van der Waals surface area (Å²) in [5.41, 5.74) is 0.998. The number of Topliss-reactive ketones (excluding diaryl/α,β-unsaturated/α-hetero) is 1. The van der Waals surface area contributed by atoms with Crippen LogP contribution < -0.4 is 4.74 Å². The molecule has 2 aromatic rings. The molecule has 0 N–H and O–H groups in total. The number of nitrogens with zero attached hydrogens (tertiary/aromatic N) is 4. The number of carbonyl (C=O) groups excluding carboxylic acids is 1. The first-order valence-electron chi connectivity index (χ1n) is 13.1. The van der Waals surface area contributed by atoms with E-state index in [9.17, 15) is 18.0 Å². The summed E-state index contributed by atoms with van der Waals surface area (Å²) in [4.78, 5) is 19.1. The van der Waals surface area contributed by atoms with E-state index in [4.69, 9.17) is 4.74 Å². The number of hydrogen-bond donors (Lipinski definition) is 0. The topological polar surface area (TPSA) is 60.2 Å². The highest BCUT2D eigenvalue weighted by Gasteiger charge is 2.36. The molecule has 6 nitrogen and oxygen atoms in total. The second-order valence-corrected chi connectivity index (χ2v) is 10.8. The van der Waals surface area contributed by atoms with Gasteiger partial charge in [0, 0.05) is 70.2 Å². The van der Waals surface area contributed by atoms with Crippen LogP contribution in [0.15, 0.2) is 18.3 Å². The number of halogens is 4. The van der Waals surface area contributed by atoms with Crippen LogP contribution in [0.1, 0.15) is 62.3 Å². The predicted octanol–water partition coefficient (Wildman–Crippen LogP) is 4.88. The van der Waals surface area contributed by atoms with Crippen LogP contribution in [0.2, 0.25) is 0 Å². The number of fused-ring (bicyclic) bond motifs is 1. The summed E-state index contributed by atoms with van der Waals surface area (Å²) in [6, 6.07) is 3.52. The number of ether oxygens (including phenoxy) is 1. The Morgan fingerprint density at radius 2 is 1.95 bits per heavy atom. The number of pyridine rings is 1. The van der Waals surface area contributed by atoms with Gasteiger partial charge in [0.1, 0.15) is 11.5 Å². The van der Waals surface area contributed by atoms with Gasteiger partial charge in [0.15, 0.2) is 6.61 Å². The largest absolute Gasteiger partial charge is 0.471 e. The number of carbonyl (C=O) groups is 1. The van der Waals surface area contributed by atoms with Gasteiger partial charge >= 0.3 is 0 Å². The summed E-state index contributed by atoms with van der Waals surface area (Å²) in [7, 11) is 1.50. The van der Waals surface area contributed by atoms with Crippen molar-refractivity contribution in [3.8, 4) is 5.88 Å². The van der Waals surface area contributed by atoms with Crippen molar-refractivity contribution >= 4 is 5.78 Å². The summed E-state index contributed by atoms with van der Waals surface area (Å²) in [5.74, 6) is -3.09. The molecule has 0 amide bonds. The number of alkyl halides is 3. The standard InChI is InChI=1S/C27H36F4N4O2/c1-26(29,30)18-37-24-4-3-20-7-12-35(13-8-23(20)33-24)14-11-27(31)9-5-19(6-10-27)15-22(36)16-21-17-32-34(2)25(21)28/h3-4,17,19H,5-16,18H2,1-2H3. The minimum Gasteiger partial charge on any atom is -0.471 e. The minimum absolute atomic E-state index is 0.0296. The van der Waals surface area contributed by atoms with Gasteiger partial charge in [-0.1, -0.05) is 6.07 Å². The Bertz CT molecular complexity index is 1080. The van der Waals surface area contributed by atoms with Gasteiger partial charge in [0.2, 0.25) is 11.8 Å². The van der Waals surface area contributed by atoms with E-state index >= 15 is 4.39 Å². The molecule has 1 aliphatic heterocycles. The second kappa shape index (κ2) is 11.5. The third-order valence-corrected chi connectivity index (χ3v) is 7.60. The van der Waals surface area contributed by atoms with Gasteiger partial charge in [0.05, 0.1) is 6.20 Å². The molecule has 4 rings (SSSR count). The molecule has 2 aliphatic rings. The lowest BCUT2D eigenvalue weighted by molar-refractivity contribution is -0.119. The Morgan fingerprint density at radius 1 is 1.22 bits per heavy atom. The Balaban J connectivity index is 1.20. The lowest BCUT2D eigenvalue weighted by Crippen LogP contribution is -2.36. The van der Waals surface area contributed by atoms with E-state index in [0.29, 0.717) is 57.1 Å². The second-order valence-electron chi connectivity index (χ2n) is 10.8. The molecule has 10 heteroatoms. The van der Waals surface area contributed by atoms with Gasteiger partial charge in [0.25, 0.3) is 5.92 Å². The Hall–Kier alpha value is -2.49. The number of ketones is 1. The zero-order chi connectivity index (χ0) is 26.6. The van der Waals surface area contributed by atoms with Gasteiger partial charge in [-0.3, -0.25) is 4.79 Å². The zero-order valence-corrected chi connectivity index (χ0v) is 21.6. The molecule has 3 heterocycles. The number of aromatic nitrogens is 3. The van der Waals surface area contributed by atoms with Crippen LogP contribution >= 0.6 is 0 Å².